The molecule has 7 heteroatoms. The van der Waals surface area contributed by atoms with Crippen LogP contribution in [0.4, 0.5) is 10.1 Å². The Morgan fingerprint density at radius 2 is 1.95 bits per heavy atom. The molecule has 0 bridgehead atoms. The summed E-state index contributed by atoms with van der Waals surface area (Å²) in [7, 11) is 0. The molecule has 0 spiro atoms. The smallest absolute Gasteiger partial charge is 0.310 e. The van der Waals surface area contributed by atoms with Gasteiger partial charge in [-0.2, -0.15) is 4.39 Å². The quantitative estimate of drug-likeness (QED) is 0.622. The molecule has 0 atom stereocenters. The molecule has 0 amide bonds. The van der Waals surface area contributed by atoms with Crippen molar-refractivity contribution in [2.75, 3.05) is 0 Å². The van der Waals surface area contributed by atoms with Crippen LogP contribution < -0.4 is 5.32 Å². The molecule has 1 rings (SSSR count). The van der Waals surface area contributed by atoms with Crippen molar-refractivity contribution in [1.29, 1.82) is 0 Å². The lowest BCUT2D eigenvalue weighted by molar-refractivity contribution is -0.387. The number of nitro benzene ring substituents is 1. The zero-order valence-electron chi connectivity index (χ0n) is 12.4. The monoisotopic (exact) mass is 298 g/mol. The van der Waals surface area contributed by atoms with Gasteiger partial charge in [-0.05, 0) is 27.7 Å². The number of nitro groups is 1. The highest BCUT2D eigenvalue weighted by Gasteiger charge is 2.43. The van der Waals surface area contributed by atoms with Gasteiger partial charge in [0.25, 0.3) is 0 Å². The van der Waals surface area contributed by atoms with Gasteiger partial charge < -0.3 is 10.4 Å². The summed E-state index contributed by atoms with van der Waals surface area (Å²) in [5.74, 6) is -1.89. The van der Waals surface area contributed by atoms with Crippen LogP contribution in [0.2, 0.25) is 0 Å². The lowest BCUT2D eigenvalue weighted by atomic mass is 9.74. The van der Waals surface area contributed by atoms with Gasteiger partial charge in [0.1, 0.15) is 0 Å². The molecule has 0 saturated carbocycles. The molecule has 2 N–H and O–H groups in total. The van der Waals surface area contributed by atoms with E-state index in [9.17, 15) is 24.4 Å². The molecule has 21 heavy (non-hydrogen) atoms. The normalized spacial score (nSPS) is 12.2. The summed E-state index contributed by atoms with van der Waals surface area (Å²) in [6, 6.07) is 3.91. The number of carboxylic acids is 1. The van der Waals surface area contributed by atoms with Crippen LogP contribution in [0.15, 0.2) is 18.2 Å². The summed E-state index contributed by atoms with van der Waals surface area (Å²) < 4.78 is 14.0. The van der Waals surface area contributed by atoms with E-state index < -0.39 is 33.4 Å². The molecule has 6 nitrogen and oxygen atoms in total. The maximum atomic E-state index is 14.0. The average molecular weight is 298 g/mol. The second-order valence-corrected chi connectivity index (χ2v) is 5.92. The number of nitrogens with one attached hydrogen (secondary N) is 1. The van der Waals surface area contributed by atoms with Crippen molar-refractivity contribution in [3.05, 3.63) is 39.7 Å². The summed E-state index contributed by atoms with van der Waals surface area (Å²) in [5.41, 5.74) is -2.40. The molecule has 0 radical (unpaired) electrons. The van der Waals surface area contributed by atoms with Crippen molar-refractivity contribution >= 4 is 11.7 Å². The summed E-state index contributed by atoms with van der Waals surface area (Å²) >= 11 is 0. The Morgan fingerprint density at radius 3 is 2.43 bits per heavy atom. The van der Waals surface area contributed by atoms with Gasteiger partial charge in [0.05, 0.1) is 10.3 Å². The largest absolute Gasteiger partial charge is 0.481 e. The molecular formula is C14H19FN2O4. The molecule has 0 aliphatic rings. The first kappa shape index (κ1) is 17.0. The molecular weight excluding hydrogens is 279 g/mol. The number of carbonyl (C=O) groups is 1. The highest BCUT2D eigenvalue weighted by Crippen LogP contribution is 2.31. The van der Waals surface area contributed by atoms with Crippen LogP contribution in [0.25, 0.3) is 0 Å². The first-order valence-electron chi connectivity index (χ1n) is 6.41. The van der Waals surface area contributed by atoms with E-state index in [0.717, 1.165) is 6.07 Å². The number of nitrogens with zero attached hydrogens (tertiary/aromatic N) is 1. The molecule has 0 unspecified atom stereocenters. The molecule has 0 aromatic heterocycles. The maximum absolute atomic E-state index is 14.0. The minimum atomic E-state index is -1.09. The van der Waals surface area contributed by atoms with Gasteiger partial charge in [0.2, 0.25) is 5.82 Å². The fourth-order valence-corrected chi connectivity index (χ4v) is 1.65. The van der Waals surface area contributed by atoms with E-state index in [1.165, 1.54) is 12.1 Å². The van der Waals surface area contributed by atoms with E-state index in [-0.39, 0.29) is 12.1 Å². The van der Waals surface area contributed by atoms with E-state index in [4.69, 9.17) is 0 Å². The number of aliphatic carboxylic acids is 1. The zero-order chi connectivity index (χ0) is 16.4. The number of rotatable bonds is 6. The third-order valence-electron chi connectivity index (χ3n) is 4.07. The Hall–Kier alpha value is -2.02. The highest BCUT2D eigenvalue weighted by molar-refractivity contribution is 5.75. The molecule has 1 aromatic carbocycles. The molecule has 0 saturated heterocycles. The highest BCUT2D eigenvalue weighted by atomic mass is 19.1. The third kappa shape index (κ3) is 3.36. The first-order chi connectivity index (χ1) is 9.50. The van der Waals surface area contributed by atoms with E-state index >= 15 is 0 Å². The average Bonchev–Trinajstić information content (AvgIpc) is 2.36. The van der Waals surface area contributed by atoms with Gasteiger partial charge >= 0.3 is 11.7 Å². The second kappa shape index (κ2) is 5.77. The van der Waals surface area contributed by atoms with Crippen LogP contribution in [0.3, 0.4) is 0 Å². The van der Waals surface area contributed by atoms with Crippen LogP contribution in [0.1, 0.15) is 33.3 Å². The number of carboxylic acid groups (broad SMARTS) is 1. The van der Waals surface area contributed by atoms with Gasteiger partial charge in [-0.25, -0.2) is 0 Å². The summed E-state index contributed by atoms with van der Waals surface area (Å²) in [6.07, 6.45) is 0. The van der Waals surface area contributed by atoms with Crippen molar-refractivity contribution in [3.8, 4) is 0 Å². The molecule has 116 valence electrons. The Balaban J connectivity index is 2.97. The van der Waals surface area contributed by atoms with Crippen LogP contribution in [0.5, 0.6) is 0 Å². The first-order valence-corrected chi connectivity index (χ1v) is 6.41. The van der Waals surface area contributed by atoms with Gasteiger partial charge in [0.15, 0.2) is 0 Å². The predicted octanol–water partition coefficient (Wildman–Crippen LogP) is 2.71. The number of benzene rings is 1. The fourth-order valence-electron chi connectivity index (χ4n) is 1.65. The van der Waals surface area contributed by atoms with Gasteiger partial charge in [-0.3, -0.25) is 14.9 Å². The van der Waals surface area contributed by atoms with E-state index in [1.807, 2.05) is 0 Å². The van der Waals surface area contributed by atoms with E-state index in [1.54, 1.807) is 27.7 Å². The minimum absolute atomic E-state index is 0.00275. The number of hydrogen-bond acceptors (Lipinski definition) is 4. The van der Waals surface area contributed by atoms with Crippen LogP contribution in [-0.4, -0.2) is 21.5 Å². The Morgan fingerprint density at radius 1 is 1.38 bits per heavy atom. The van der Waals surface area contributed by atoms with Gasteiger partial charge in [0, 0.05) is 23.7 Å². The SMILES string of the molecule is CC(C)(NCc1cccc([N+](=O)[O-])c1F)C(C)(C)C(=O)O. The molecule has 1 aromatic rings. The van der Waals surface area contributed by atoms with Gasteiger partial charge in [-0.15, -0.1) is 0 Å². The Kier molecular flexibility index (Phi) is 4.68. The summed E-state index contributed by atoms with van der Waals surface area (Å²) in [4.78, 5) is 21.2. The van der Waals surface area contributed by atoms with E-state index in [0.29, 0.717) is 0 Å². The van der Waals surface area contributed by atoms with Crippen LogP contribution in [0, 0.1) is 21.3 Å². The molecule has 0 aliphatic carbocycles. The molecule has 0 heterocycles. The van der Waals surface area contributed by atoms with Crippen molar-refractivity contribution in [1.82, 2.24) is 5.32 Å². The summed E-state index contributed by atoms with van der Waals surface area (Å²) in [6.45, 7) is 6.50. The lowest BCUT2D eigenvalue weighted by Gasteiger charge is -2.39. The third-order valence-corrected chi connectivity index (χ3v) is 4.07. The molecule has 0 fully saturated rings. The van der Waals surface area contributed by atoms with Crippen molar-refractivity contribution in [3.63, 3.8) is 0 Å². The summed E-state index contributed by atoms with van der Waals surface area (Å²) in [5, 5.41) is 22.9. The maximum Gasteiger partial charge on any atom is 0.310 e. The van der Waals surface area contributed by atoms with Crippen LogP contribution >= 0.6 is 0 Å². The van der Waals surface area contributed by atoms with Crippen molar-refractivity contribution in [2.24, 2.45) is 5.41 Å². The lowest BCUT2D eigenvalue weighted by Crippen LogP contribution is -2.54. The fraction of sp³-hybridized carbons (Fsp3) is 0.500. The number of hydrogen-bond donors (Lipinski definition) is 2. The number of halogens is 1. The molecule has 0 aliphatic heterocycles. The van der Waals surface area contributed by atoms with Gasteiger partial charge in [-0.1, -0.05) is 12.1 Å². The predicted molar refractivity (Wildman–Crippen MR) is 75.4 cm³/mol. The van der Waals surface area contributed by atoms with E-state index in [2.05, 4.69) is 5.32 Å². The van der Waals surface area contributed by atoms with Crippen molar-refractivity contribution in [2.45, 2.75) is 39.8 Å². The second-order valence-electron chi connectivity index (χ2n) is 5.92. The standard InChI is InChI=1S/C14H19FN2O4/c1-13(2,12(18)19)14(3,4)16-8-9-6-5-7-10(11(9)15)17(20)21/h5-7,16H,8H2,1-4H3,(H,18,19). The topological polar surface area (TPSA) is 92.5 Å². The van der Waals surface area contributed by atoms with Crippen LogP contribution in [-0.2, 0) is 11.3 Å². The zero-order valence-corrected chi connectivity index (χ0v) is 12.4. The Bertz CT molecular complexity index is 570. The van der Waals surface area contributed by atoms with Crippen molar-refractivity contribution < 1.29 is 19.2 Å². The Labute approximate surface area is 122 Å². The minimum Gasteiger partial charge on any atom is -0.481 e.